The van der Waals surface area contributed by atoms with E-state index in [1.165, 1.54) is 12.8 Å². The Hall–Kier alpha value is -1.45. The number of piperidine rings is 1. The molecule has 0 aliphatic carbocycles. The molecule has 1 saturated heterocycles. The van der Waals surface area contributed by atoms with E-state index >= 15 is 0 Å². The fourth-order valence-corrected chi connectivity index (χ4v) is 2.74. The summed E-state index contributed by atoms with van der Waals surface area (Å²) >= 11 is 0. The monoisotopic (exact) mass is 242 g/mol. The molecule has 1 aliphatic rings. The van der Waals surface area contributed by atoms with Gasteiger partial charge in [-0.2, -0.15) is 0 Å². The second-order valence-electron chi connectivity index (χ2n) is 4.92. The van der Waals surface area contributed by atoms with E-state index in [0.29, 0.717) is 0 Å². The molecule has 1 fully saturated rings. The van der Waals surface area contributed by atoms with Crippen molar-refractivity contribution in [3.63, 3.8) is 0 Å². The first-order chi connectivity index (χ1) is 8.86. The number of fused-ring (bicyclic) bond motifs is 1. The van der Waals surface area contributed by atoms with E-state index in [1.807, 2.05) is 30.3 Å². The zero-order valence-corrected chi connectivity index (χ0v) is 10.3. The highest BCUT2D eigenvalue weighted by Gasteiger charge is 2.23. The van der Waals surface area contributed by atoms with Gasteiger partial charge in [-0.15, -0.1) is 0 Å². The first kappa shape index (κ1) is 11.6. The van der Waals surface area contributed by atoms with Gasteiger partial charge in [0, 0.05) is 17.6 Å². The van der Waals surface area contributed by atoms with E-state index in [9.17, 15) is 5.11 Å². The average Bonchev–Trinajstić information content (AvgIpc) is 2.47. The van der Waals surface area contributed by atoms with Crippen LogP contribution in [0.25, 0.3) is 10.9 Å². The van der Waals surface area contributed by atoms with Crippen molar-refractivity contribution in [1.29, 1.82) is 0 Å². The highest BCUT2D eigenvalue weighted by Crippen LogP contribution is 2.27. The molecule has 3 rings (SSSR count). The summed E-state index contributed by atoms with van der Waals surface area (Å²) in [5.41, 5.74) is 1.94. The molecule has 18 heavy (non-hydrogen) atoms. The number of aliphatic hydroxyl groups excluding tert-OH is 1. The predicted molar refractivity (Wildman–Crippen MR) is 72.3 cm³/mol. The Kier molecular flexibility index (Phi) is 3.26. The smallest absolute Gasteiger partial charge is 0.0950 e. The molecule has 1 aromatic carbocycles. The normalized spacial score (nSPS) is 21.9. The van der Waals surface area contributed by atoms with Gasteiger partial charge >= 0.3 is 0 Å². The summed E-state index contributed by atoms with van der Waals surface area (Å²) in [6.07, 6.45) is 4.78. The second-order valence-corrected chi connectivity index (χ2v) is 4.92. The predicted octanol–water partition coefficient (Wildman–Crippen LogP) is 2.41. The van der Waals surface area contributed by atoms with Crippen LogP contribution in [0.5, 0.6) is 0 Å². The molecule has 94 valence electrons. The third-order valence-corrected chi connectivity index (χ3v) is 3.73. The van der Waals surface area contributed by atoms with Crippen molar-refractivity contribution < 1.29 is 5.11 Å². The van der Waals surface area contributed by atoms with Crippen LogP contribution in [0.4, 0.5) is 0 Å². The number of hydrogen-bond acceptors (Lipinski definition) is 3. The van der Waals surface area contributed by atoms with Crippen LogP contribution in [0.3, 0.4) is 0 Å². The lowest BCUT2D eigenvalue weighted by Crippen LogP contribution is -2.38. The van der Waals surface area contributed by atoms with E-state index in [0.717, 1.165) is 29.4 Å². The van der Waals surface area contributed by atoms with Crippen LogP contribution in [0.2, 0.25) is 0 Å². The fourth-order valence-electron chi connectivity index (χ4n) is 2.74. The van der Waals surface area contributed by atoms with E-state index < -0.39 is 6.10 Å². The first-order valence-corrected chi connectivity index (χ1v) is 6.61. The van der Waals surface area contributed by atoms with Crippen molar-refractivity contribution in [2.75, 3.05) is 6.54 Å². The molecule has 0 saturated carbocycles. The van der Waals surface area contributed by atoms with Gasteiger partial charge < -0.3 is 10.4 Å². The van der Waals surface area contributed by atoms with Gasteiger partial charge in [0.05, 0.1) is 11.6 Å². The minimum absolute atomic E-state index is 0.171. The van der Waals surface area contributed by atoms with Crippen molar-refractivity contribution in [2.24, 2.45) is 0 Å². The Morgan fingerprint density at radius 3 is 2.94 bits per heavy atom. The Balaban J connectivity index is 1.97. The lowest BCUT2D eigenvalue weighted by molar-refractivity contribution is 0.115. The molecule has 0 amide bonds. The number of aliphatic hydroxyl groups is 1. The molecule has 2 aromatic rings. The summed E-state index contributed by atoms with van der Waals surface area (Å²) in [5, 5.41) is 15.0. The Morgan fingerprint density at radius 1 is 1.22 bits per heavy atom. The molecular weight excluding hydrogens is 224 g/mol. The van der Waals surface area contributed by atoms with Crippen LogP contribution in [0, 0.1) is 0 Å². The van der Waals surface area contributed by atoms with Gasteiger partial charge in [0.15, 0.2) is 0 Å². The summed E-state index contributed by atoms with van der Waals surface area (Å²) in [7, 11) is 0. The van der Waals surface area contributed by atoms with E-state index in [4.69, 9.17) is 0 Å². The number of nitrogens with one attached hydrogen (secondary N) is 1. The van der Waals surface area contributed by atoms with Crippen molar-refractivity contribution >= 4 is 10.9 Å². The SMILES string of the molecule is OC(c1ccnc2ccccc12)C1CCCCN1. The first-order valence-electron chi connectivity index (χ1n) is 6.61. The van der Waals surface area contributed by atoms with Crippen LogP contribution in [-0.4, -0.2) is 22.7 Å². The van der Waals surface area contributed by atoms with Crippen molar-refractivity contribution in [2.45, 2.75) is 31.4 Å². The Morgan fingerprint density at radius 2 is 2.11 bits per heavy atom. The number of pyridine rings is 1. The van der Waals surface area contributed by atoms with E-state index in [1.54, 1.807) is 6.20 Å². The highest BCUT2D eigenvalue weighted by atomic mass is 16.3. The minimum atomic E-state index is -0.446. The van der Waals surface area contributed by atoms with Crippen LogP contribution in [0.1, 0.15) is 30.9 Å². The zero-order chi connectivity index (χ0) is 12.4. The number of para-hydroxylation sites is 1. The highest BCUT2D eigenvalue weighted by molar-refractivity contribution is 5.82. The lowest BCUT2D eigenvalue weighted by Gasteiger charge is -2.28. The maximum absolute atomic E-state index is 10.6. The molecule has 3 heteroatoms. The molecule has 3 nitrogen and oxygen atoms in total. The van der Waals surface area contributed by atoms with Crippen LogP contribution < -0.4 is 5.32 Å². The third-order valence-electron chi connectivity index (χ3n) is 3.73. The van der Waals surface area contributed by atoms with Crippen LogP contribution in [-0.2, 0) is 0 Å². The van der Waals surface area contributed by atoms with Crippen molar-refractivity contribution in [3.05, 3.63) is 42.1 Å². The number of benzene rings is 1. The maximum Gasteiger partial charge on any atom is 0.0950 e. The Labute approximate surface area is 107 Å². The van der Waals surface area contributed by atoms with Crippen molar-refractivity contribution in [1.82, 2.24) is 10.3 Å². The quantitative estimate of drug-likeness (QED) is 0.850. The summed E-state index contributed by atoms with van der Waals surface area (Å²) in [6, 6.07) is 10.1. The summed E-state index contributed by atoms with van der Waals surface area (Å²) in [6.45, 7) is 1.00. The number of aromatic nitrogens is 1. The largest absolute Gasteiger partial charge is 0.387 e. The minimum Gasteiger partial charge on any atom is -0.387 e. The second kappa shape index (κ2) is 5.04. The standard InChI is InChI=1S/C15H18N2O/c18-15(14-7-3-4-9-16-14)12-8-10-17-13-6-2-1-5-11(12)13/h1-2,5-6,8,10,14-16,18H,3-4,7,9H2. The molecule has 1 aliphatic heterocycles. The Bertz CT molecular complexity index is 530. The molecule has 0 bridgehead atoms. The molecular formula is C15H18N2O. The van der Waals surface area contributed by atoms with E-state index in [2.05, 4.69) is 10.3 Å². The molecule has 2 unspecified atom stereocenters. The van der Waals surface area contributed by atoms with Gasteiger partial charge in [-0.1, -0.05) is 24.6 Å². The van der Waals surface area contributed by atoms with Crippen molar-refractivity contribution in [3.8, 4) is 0 Å². The van der Waals surface area contributed by atoms with Gasteiger partial charge in [0.1, 0.15) is 0 Å². The topological polar surface area (TPSA) is 45.2 Å². The molecule has 1 aromatic heterocycles. The van der Waals surface area contributed by atoms with Gasteiger partial charge in [-0.3, -0.25) is 4.98 Å². The number of hydrogen-bond donors (Lipinski definition) is 2. The molecule has 2 heterocycles. The molecule has 2 atom stereocenters. The molecule has 0 radical (unpaired) electrons. The van der Waals surface area contributed by atoms with Crippen LogP contribution >= 0.6 is 0 Å². The summed E-state index contributed by atoms with van der Waals surface area (Å²) in [4.78, 5) is 4.34. The van der Waals surface area contributed by atoms with Gasteiger partial charge in [0.2, 0.25) is 0 Å². The van der Waals surface area contributed by atoms with Gasteiger partial charge in [-0.05, 0) is 37.1 Å². The molecule has 0 spiro atoms. The van der Waals surface area contributed by atoms with E-state index in [-0.39, 0.29) is 6.04 Å². The molecule has 2 N–H and O–H groups in total. The van der Waals surface area contributed by atoms with Crippen LogP contribution in [0.15, 0.2) is 36.5 Å². The average molecular weight is 242 g/mol. The zero-order valence-electron chi connectivity index (χ0n) is 10.3. The van der Waals surface area contributed by atoms with Gasteiger partial charge in [-0.25, -0.2) is 0 Å². The maximum atomic E-state index is 10.6. The summed E-state index contributed by atoms with van der Waals surface area (Å²) < 4.78 is 0. The number of nitrogens with zero attached hydrogens (tertiary/aromatic N) is 1. The summed E-state index contributed by atoms with van der Waals surface area (Å²) in [5.74, 6) is 0. The number of rotatable bonds is 2. The fraction of sp³-hybridized carbons (Fsp3) is 0.400. The lowest BCUT2D eigenvalue weighted by atomic mass is 9.93. The van der Waals surface area contributed by atoms with Gasteiger partial charge in [0.25, 0.3) is 0 Å². The third kappa shape index (κ3) is 2.11.